The van der Waals surface area contributed by atoms with Gasteiger partial charge in [-0.2, -0.15) is 0 Å². The SMILES string of the molecule is COc1cccc(COc2ccccc2)c1F. The van der Waals surface area contributed by atoms with Gasteiger partial charge < -0.3 is 9.47 Å². The molecular weight excluding hydrogens is 219 g/mol. The molecule has 0 saturated heterocycles. The summed E-state index contributed by atoms with van der Waals surface area (Å²) in [6, 6.07) is 14.3. The van der Waals surface area contributed by atoms with Gasteiger partial charge in [0.05, 0.1) is 7.11 Å². The first-order valence-corrected chi connectivity index (χ1v) is 5.30. The van der Waals surface area contributed by atoms with Gasteiger partial charge in [0.1, 0.15) is 12.4 Å². The molecule has 0 aliphatic carbocycles. The average Bonchev–Trinajstić information content (AvgIpc) is 2.39. The number of ether oxygens (including phenoxy) is 2. The highest BCUT2D eigenvalue weighted by Gasteiger charge is 2.08. The van der Waals surface area contributed by atoms with Crippen LogP contribution >= 0.6 is 0 Å². The molecule has 0 spiro atoms. The topological polar surface area (TPSA) is 18.5 Å². The van der Waals surface area contributed by atoms with E-state index in [0.29, 0.717) is 5.56 Å². The van der Waals surface area contributed by atoms with Crippen LogP contribution in [-0.4, -0.2) is 7.11 Å². The zero-order chi connectivity index (χ0) is 12.1. The number of para-hydroxylation sites is 1. The Morgan fingerprint density at radius 3 is 2.47 bits per heavy atom. The fourth-order valence-electron chi connectivity index (χ4n) is 1.50. The average molecular weight is 232 g/mol. The van der Waals surface area contributed by atoms with Crippen molar-refractivity contribution in [3.63, 3.8) is 0 Å². The van der Waals surface area contributed by atoms with Crippen LogP contribution in [0, 0.1) is 5.82 Å². The molecule has 0 amide bonds. The lowest BCUT2D eigenvalue weighted by Crippen LogP contribution is -2.00. The van der Waals surface area contributed by atoms with Crippen LogP contribution < -0.4 is 9.47 Å². The summed E-state index contributed by atoms with van der Waals surface area (Å²) in [6.45, 7) is 0.188. The number of hydrogen-bond donors (Lipinski definition) is 0. The Labute approximate surface area is 99.6 Å². The van der Waals surface area contributed by atoms with E-state index in [2.05, 4.69) is 0 Å². The van der Waals surface area contributed by atoms with Crippen LogP contribution in [0.2, 0.25) is 0 Å². The largest absolute Gasteiger partial charge is 0.494 e. The Kier molecular flexibility index (Phi) is 3.60. The van der Waals surface area contributed by atoms with Crippen molar-refractivity contribution in [1.29, 1.82) is 0 Å². The number of rotatable bonds is 4. The summed E-state index contributed by atoms with van der Waals surface area (Å²) in [5.41, 5.74) is 0.480. The number of benzene rings is 2. The molecule has 0 N–H and O–H groups in total. The number of hydrogen-bond acceptors (Lipinski definition) is 2. The zero-order valence-corrected chi connectivity index (χ0v) is 9.52. The highest BCUT2D eigenvalue weighted by molar-refractivity contribution is 5.31. The third-order valence-corrected chi connectivity index (χ3v) is 2.40. The zero-order valence-electron chi connectivity index (χ0n) is 9.52. The van der Waals surface area contributed by atoms with E-state index < -0.39 is 0 Å². The minimum absolute atomic E-state index is 0.188. The lowest BCUT2D eigenvalue weighted by molar-refractivity contribution is 0.295. The van der Waals surface area contributed by atoms with Gasteiger partial charge in [-0.25, -0.2) is 4.39 Å². The lowest BCUT2D eigenvalue weighted by atomic mass is 10.2. The van der Waals surface area contributed by atoms with Crippen molar-refractivity contribution < 1.29 is 13.9 Å². The fraction of sp³-hybridized carbons (Fsp3) is 0.143. The van der Waals surface area contributed by atoms with E-state index in [9.17, 15) is 4.39 Å². The summed E-state index contributed by atoms with van der Waals surface area (Å²) in [6.07, 6.45) is 0. The Morgan fingerprint density at radius 1 is 1.00 bits per heavy atom. The van der Waals surface area contributed by atoms with Crippen LogP contribution in [0.5, 0.6) is 11.5 Å². The summed E-state index contributed by atoms with van der Waals surface area (Å²) >= 11 is 0. The van der Waals surface area contributed by atoms with Crippen molar-refractivity contribution in [2.45, 2.75) is 6.61 Å². The normalized spacial score (nSPS) is 10.0. The van der Waals surface area contributed by atoms with Gasteiger partial charge in [0.15, 0.2) is 11.6 Å². The smallest absolute Gasteiger partial charge is 0.171 e. The van der Waals surface area contributed by atoms with Gasteiger partial charge in [-0.3, -0.25) is 0 Å². The van der Waals surface area contributed by atoms with Crippen molar-refractivity contribution in [2.24, 2.45) is 0 Å². The highest BCUT2D eigenvalue weighted by Crippen LogP contribution is 2.21. The molecule has 0 atom stereocenters. The molecular formula is C14H13FO2. The summed E-state index contributed by atoms with van der Waals surface area (Å²) in [5.74, 6) is 0.583. The molecule has 0 aliphatic rings. The van der Waals surface area contributed by atoms with E-state index in [4.69, 9.17) is 9.47 Å². The first-order chi connectivity index (χ1) is 8.31. The Hall–Kier alpha value is -2.03. The minimum Gasteiger partial charge on any atom is -0.494 e. The second kappa shape index (κ2) is 5.34. The van der Waals surface area contributed by atoms with Gasteiger partial charge in [-0.15, -0.1) is 0 Å². The van der Waals surface area contributed by atoms with Crippen LogP contribution in [0.25, 0.3) is 0 Å². The maximum Gasteiger partial charge on any atom is 0.171 e. The van der Waals surface area contributed by atoms with E-state index >= 15 is 0 Å². The molecule has 0 fully saturated rings. The molecule has 0 unspecified atom stereocenters. The first-order valence-electron chi connectivity index (χ1n) is 5.30. The second-order valence-corrected chi connectivity index (χ2v) is 3.54. The summed E-state index contributed by atoms with van der Waals surface area (Å²) in [5, 5.41) is 0. The van der Waals surface area contributed by atoms with Gasteiger partial charge in [0.25, 0.3) is 0 Å². The Bertz CT molecular complexity index is 483. The van der Waals surface area contributed by atoms with Gasteiger partial charge in [-0.1, -0.05) is 30.3 Å². The van der Waals surface area contributed by atoms with E-state index in [1.807, 2.05) is 30.3 Å². The molecule has 0 aromatic heterocycles. The van der Waals surface area contributed by atoms with E-state index in [0.717, 1.165) is 5.75 Å². The summed E-state index contributed by atoms with van der Waals surface area (Å²) in [4.78, 5) is 0. The second-order valence-electron chi connectivity index (χ2n) is 3.54. The van der Waals surface area contributed by atoms with Crippen molar-refractivity contribution in [3.8, 4) is 11.5 Å². The summed E-state index contributed by atoms with van der Waals surface area (Å²) in [7, 11) is 1.44. The predicted octanol–water partition coefficient (Wildman–Crippen LogP) is 3.41. The molecule has 2 aromatic carbocycles. The van der Waals surface area contributed by atoms with Crippen molar-refractivity contribution >= 4 is 0 Å². The van der Waals surface area contributed by atoms with E-state index in [-0.39, 0.29) is 18.2 Å². The van der Waals surface area contributed by atoms with Crippen LogP contribution in [0.3, 0.4) is 0 Å². The molecule has 0 aliphatic heterocycles. The predicted molar refractivity (Wildman–Crippen MR) is 63.7 cm³/mol. The Morgan fingerprint density at radius 2 is 1.76 bits per heavy atom. The maximum atomic E-state index is 13.8. The van der Waals surface area contributed by atoms with Crippen molar-refractivity contribution in [1.82, 2.24) is 0 Å². The van der Waals surface area contributed by atoms with E-state index in [1.165, 1.54) is 7.11 Å². The van der Waals surface area contributed by atoms with Crippen molar-refractivity contribution in [3.05, 3.63) is 59.9 Å². The third-order valence-electron chi connectivity index (χ3n) is 2.40. The molecule has 0 radical (unpaired) electrons. The van der Waals surface area contributed by atoms with Crippen molar-refractivity contribution in [2.75, 3.05) is 7.11 Å². The maximum absolute atomic E-state index is 13.8. The van der Waals surface area contributed by atoms with Crippen LogP contribution in [-0.2, 0) is 6.61 Å². The molecule has 0 bridgehead atoms. The monoisotopic (exact) mass is 232 g/mol. The molecule has 88 valence electrons. The molecule has 2 aromatic rings. The van der Waals surface area contributed by atoms with Crippen LogP contribution in [0.4, 0.5) is 4.39 Å². The molecule has 3 heteroatoms. The third kappa shape index (κ3) is 2.75. The quantitative estimate of drug-likeness (QED) is 0.804. The first kappa shape index (κ1) is 11.5. The molecule has 0 saturated carbocycles. The van der Waals surface area contributed by atoms with Gasteiger partial charge in [0, 0.05) is 5.56 Å². The van der Waals surface area contributed by atoms with Crippen LogP contribution in [0.1, 0.15) is 5.56 Å². The van der Waals surface area contributed by atoms with Gasteiger partial charge in [0.2, 0.25) is 0 Å². The minimum atomic E-state index is -0.370. The lowest BCUT2D eigenvalue weighted by Gasteiger charge is -2.09. The fourth-order valence-corrected chi connectivity index (χ4v) is 1.50. The number of halogens is 1. The number of methoxy groups -OCH3 is 1. The summed E-state index contributed by atoms with van der Waals surface area (Å²) < 4.78 is 24.2. The van der Waals surface area contributed by atoms with Gasteiger partial charge in [-0.05, 0) is 18.2 Å². The van der Waals surface area contributed by atoms with Gasteiger partial charge >= 0.3 is 0 Å². The van der Waals surface area contributed by atoms with E-state index in [1.54, 1.807) is 18.2 Å². The highest BCUT2D eigenvalue weighted by atomic mass is 19.1. The molecule has 17 heavy (non-hydrogen) atoms. The molecule has 2 rings (SSSR count). The molecule has 0 heterocycles. The standard InChI is InChI=1S/C14H13FO2/c1-16-13-9-5-6-11(14(13)15)10-17-12-7-3-2-4-8-12/h2-9H,10H2,1H3. The Balaban J connectivity index is 2.09. The molecule has 2 nitrogen and oxygen atoms in total. The van der Waals surface area contributed by atoms with Crippen LogP contribution in [0.15, 0.2) is 48.5 Å².